The SMILES string of the molecule is CCC1(NC(=O)NC2(c3ccc(-c4ccc(F)cc4)cc3)CC2)CN2CCC1CC2. The average molecular weight is 408 g/mol. The van der Waals surface area contributed by atoms with Crippen molar-refractivity contribution >= 4 is 6.03 Å². The summed E-state index contributed by atoms with van der Waals surface area (Å²) in [6.07, 6.45) is 5.27. The minimum atomic E-state index is -0.256. The number of piperidine rings is 3. The molecule has 4 nitrogen and oxygen atoms in total. The van der Waals surface area contributed by atoms with E-state index in [0.29, 0.717) is 5.92 Å². The molecule has 3 saturated heterocycles. The van der Waals surface area contributed by atoms with E-state index in [2.05, 4.69) is 46.7 Å². The van der Waals surface area contributed by atoms with Crippen LogP contribution in [-0.4, -0.2) is 36.1 Å². The lowest BCUT2D eigenvalue weighted by Gasteiger charge is -2.53. The van der Waals surface area contributed by atoms with Crippen LogP contribution in [-0.2, 0) is 5.54 Å². The van der Waals surface area contributed by atoms with Gasteiger partial charge in [0.05, 0.1) is 11.1 Å². The predicted octanol–water partition coefficient (Wildman–Crippen LogP) is 4.66. The molecule has 30 heavy (non-hydrogen) atoms. The quantitative estimate of drug-likeness (QED) is 0.757. The second-order valence-electron chi connectivity index (χ2n) is 9.31. The first kappa shape index (κ1) is 19.6. The summed E-state index contributed by atoms with van der Waals surface area (Å²) in [6, 6.07) is 14.8. The molecule has 3 heterocycles. The normalized spacial score (nSPS) is 28.7. The molecule has 1 unspecified atom stereocenters. The van der Waals surface area contributed by atoms with Crippen LogP contribution >= 0.6 is 0 Å². The highest BCUT2D eigenvalue weighted by molar-refractivity contribution is 5.77. The molecule has 2 amide bonds. The molecule has 3 aliphatic heterocycles. The van der Waals surface area contributed by atoms with Gasteiger partial charge >= 0.3 is 6.03 Å². The molecular formula is C25H30FN3O. The zero-order valence-corrected chi connectivity index (χ0v) is 17.6. The predicted molar refractivity (Wildman–Crippen MR) is 117 cm³/mol. The summed E-state index contributed by atoms with van der Waals surface area (Å²) in [5.41, 5.74) is 2.84. The maximum Gasteiger partial charge on any atom is 0.315 e. The Balaban J connectivity index is 1.28. The van der Waals surface area contributed by atoms with Crippen molar-refractivity contribution in [3.8, 4) is 11.1 Å². The molecule has 2 bridgehead atoms. The van der Waals surface area contributed by atoms with Crippen molar-refractivity contribution in [1.82, 2.24) is 15.5 Å². The molecule has 1 atom stereocenters. The Kier molecular flexibility index (Phi) is 4.81. The molecule has 0 spiro atoms. The van der Waals surface area contributed by atoms with Gasteiger partial charge in [-0.05, 0) is 79.9 Å². The van der Waals surface area contributed by atoms with E-state index < -0.39 is 0 Å². The molecule has 2 aromatic carbocycles. The fourth-order valence-corrected chi connectivity index (χ4v) is 5.51. The molecule has 5 heteroatoms. The van der Waals surface area contributed by atoms with Crippen molar-refractivity contribution in [2.45, 2.75) is 50.1 Å². The summed E-state index contributed by atoms with van der Waals surface area (Å²) >= 11 is 0. The Morgan fingerprint density at radius 2 is 1.60 bits per heavy atom. The van der Waals surface area contributed by atoms with Crippen LogP contribution in [0.5, 0.6) is 0 Å². The van der Waals surface area contributed by atoms with Gasteiger partial charge in [0.1, 0.15) is 5.82 Å². The summed E-state index contributed by atoms with van der Waals surface area (Å²) in [5, 5.41) is 6.69. The van der Waals surface area contributed by atoms with Gasteiger partial charge in [-0.25, -0.2) is 9.18 Å². The van der Waals surface area contributed by atoms with E-state index in [0.717, 1.165) is 42.5 Å². The number of carbonyl (C=O) groups excluding carboxylic acids is 1. The number of hydrogen-bond donors (Lipinski definition) is 2. The molecule has 0 radical (unpaired) electrons. The highest BCUT2D eigenvalue weighted by atomic mass is 19.1. The van der Waals surface area contributed by atoms with Crippen LogP contribution in [0.3, 0.4) is 0 Å². The van der Waals surface area contributed by atoms with Gasteiger partial charge in [-0.3, -0.25) is 0 Å². The molecule has 6 rings (SSSR count). The van der Waals surface area contributed by atoms with Crippen molar-refractivity contribution in [3.05, 3.63) is 59.9 Å². The minimum absolute atomic E-state index is 0.0364. The van der Waals surface area contributed by atoms with Crippen molar-refractivity contribution in [1.29, 1.82) is 0 Å². The number of fused-ring (bicyclic) bond motifs is 3. The molecule has 4 aliphatic rings. The number of hydrogen-bond acceptors (Lipinski definition) is 2. The van der Waals surface area contributed by atoms with E-state index in [1.807, 2.05) is 0 Å². The maximum absolute atomic E-state index is 13.2. The Labute approximate surface area is 177 Å². The molecule has 4 fully saturated rings. The van der Waals surface area contributed by atoms with Gasteiger partial charge in [0.2, 0.25) is 0 Å². The molecule has 1 aliphatic carbocycles. The summed E-state index contributed by atoms with van der Waals surface area (Å²) in [4.78, 5) is 15.5. The van der Waals surface area contributed by atoms with E-state index >= 15 is 0 Å². The van der Waals surface area contributed by atoms with Crippen molar-refractivity contribution < 1.29 is 9.18 Å². The number of carbonyl (C=O) groups is 1. The topological polar surface area (TPSA) is 44.4 Å². The van der Waals surface area contributed by atoms with Gasteiger partial charge in [-0.1, -0.05) is 43.3 Å². The average Bonchev–Trinajstić information content (AvgIpc) is 3.55. The Morgan fingerprint density at radius 1 is 1.00 bits per heavy atom. The number of amides is 2. The lowest BCUT2D eigenvalue weighted by Crippen LogP contribution is -2.68. The molecule has 0 aromatic heterocycles. The molecule has 158 valence electrons. The Bertz CT molecular complexity index is 914. The van der Waals surface area contributed by atoms with Crippen LogP contribution in [0.1, 0.15) is 44.6 Å². The first-order chi connectivity index (χ1) is 14.5. The summed E-state index contributed by atoms with van der Waals surface area (Å²) in [5.74, 6) is 0.360. The van der Waals surface area contributed by atoms with Crippen molar-refractivity contribution in [2.24, 2.45) is 5.92 Å². The van der Waals surface area contributed by atoms with Crippen LogP contribution in [0.4, 0.5) is 9.18 Å². The van der Waals surface area contributed by atoms with Crippen molar-refractivity contribution in [3.63, 3.8) is 0 Å². The highest BCUT2D eigenvalue weighted by Gasteiger charge is 2.49. The van der Waals surface area contributed by atoms with E-state index in [1.165, 1.54) is 38.1 Å². The third-order valence-corrected chi connectivity index (χ3v) is 7.59. The number of halogens is 1. The zero-order valence-electron chi connectivity index (χ0n) is 17.6. The monoisotopic (exact) mass is 407 g/mol. The first-order valence-corrected chi connectivity index (χ1v) is 11.2. The lowest BCUT2D eigenvalue weighted by atomic mass is 9.71. The van der Waals surface area contributed by atoms with E-state index in [9.17, 15) is 9.18 Å². The number of benzene rings is 2. The largest absolute Gasteiger partial charge is 0.331 e. The van der Waals surface area contributed by atoms with Gasteiger partial charge < -0.3 is 15.5 Å². The summed E-state index contributed by atoms with van der Waals surface area (Å²) in [6.45, 7) is 5.50. The number of nitrogens with one attached hydrogen (secondary N) is 2. The summed E-state index contributed by atoms with van der Waals surface area (Å²) in [7, 11) is 0. The van der Waals surface area contributed by atoms with E-state index in [1.54, 1.807) is 12.1 Å². The van der Waals surface area contributed by atoms with Crippen LogP contribution in [0, 0.1) is 11.7 Å². The lowest BCUT2D eigenvalue weighted by molar-refractivity contribution is 0.0101. The third kappa shape index (κ3) is 3.49. The number of rotatable bonds is 5. The number of urea groups is 1. The maximum atomic E-state index is 13.2. The Morgan fingerprint density at radius 3 is 2.10 bits per heavy atom. The highest BCUT2D eigenvalue weighted by Crippen LogP contribution is 2.46. The smallest absolute Gasteiger partial charge is 0.315 e. The third-order valence-electron chi connectivity index (χ3n) is 7.59. The van der Waals surface area contributed by atoms with Crippen LogP contribution < -0.4 is 10.6 Å². The van der Waals surface area contributed by atoms with E-state index in [-0.39, 0.29) is 22.9 Å². The van der Waals surface area contributed by atoms with Crippen LogP contribution in [0.2, 0.25) is 0 Å². The van der Waals surface area contributed by atoms with Crippen LogP contribution in [0.25, 0.3) is 11.1 Å². The van der Waals surface area contributed by atoms with Crippen LogP contribution in [0.15, 0.2) is 48.5 Å². The van der Waals surface area contributed by atoms with Gasteiger partial charge in [0, 0.05) is 6.54 Å². The summed E-state index contributed by atoms with van der Waals surface area (Å²) < 4.78 is 13.2. The molecular weight excluding hydrogens is 377 g/mol. The second kappa shape index (κ2) is 7.38. The first-order valence-electron chi connectivity index (χ1n) is 11.2. The van der Waals surface area contributed by atoms with E-state index in [4.69, 9.17) is 0 Å². The molecule has 2 aromatic rings. The number of nitrogens with zero attached hydrogens (tertiary/aromatic N) is 1. The van der Waals surface area contributed by atoms with Gasteiger partial charge in [0.25, 0.3) is 0 Å². The molecule has 2 N–H and O–H groups in total. The van der Waals surface area contributed by atoms with Gasteiger partial charge in [-0.2, -0.15) is 0 Å². The minimum Gasteiger partial charge on any atom is -0.331 e. The molecule has 1 saturated carbocycles. The Hall–Kier alpha value is -2.40. The fraction of sp³-hybridized carbons (Fsp3) is 0.480. The zero-order chi connectivity index (χ0) is 20.8. The van der Waals surface area contributed by atoms with Crippen molar-refractivity contribution in [2.75, 3.05) is 19.6 Å². The second-order valence-corrected chi connectivity index (χ2v) is 9.31. The fourth-order valence-electron chi connectivity index (χ4n) is 5.51. The standard InChI is InChI=1S/C25H30FN3O/c1-2-24(17-29-15-11-21(24)12-16-29)27-23(30)28-25(13-14-25)20-7-3-18(4-8-20)19-5-9-22(26)10-6-19/h3-10,21H,2,11-17H2,1H3,(H2,27,28,30). The van der Waals surface area contributed by atoms with Gasteiger partial charge in [-0.15, -0.1) is 0 Å². The van der Waals surface area contributed by atoms with Gasteiger partial charge in [0.15, 0.2) is 0 Å².